The predicted octanol–water partition coefficient (Wildman–Crippen LogP) is 0.959. The molecule has 0 saturated carbocycles. The summed E-state index contributed by atoms with van der Waals surface area (Å²) >= 11 is 0. The van der Waals surface area contributed by atoms with E-state index in [1.165, 1.54) is 12.1 Å². The molecular formula is C13H16FN3O2. The number of nitrogens with two attached hydrogens (primary N) is 1. The smallest absolute Gasteiger partial charge is 0.248 e. The van der Waals surface area contributed by atoms with Crippen LogP contribution >= 0.6 is 0 Å². The summed E-state index contributed by atoms with van der Waals surface area (Å²) in [6, 6.07) is 3.78. The van der Waals surface area contributed by atoms with Gasteiger partial charge in [0.1, 0.15) is 5.82 Å². The molecule has 5 nitrogen and oxygen atoms in total. The summed E-state index contributed by atoms with van der Waals surface area (Å²) < 4.78 is 13.5. The average molecular weight is 265 g/mol. The fraction of sp³-hybridized carbons (Fsp3) is 0.385. The lowest BCUT2D eigenvalue weighted by Gasteiger charge is -2.16. The molecule has 1 fully saturated rings. The molecule has 1 aromatic rings. The maximum atomic E-state index is 13.5. The minimum Gasteiger partial charge on any atom is -0.374 e. The van der Waals surface area contributed by atoms with Crippen molar-refractivity contribution in [1.82, 2.24) is 4.90 Å². The summed E-state index contributed by atoms with van der Waals surface area (Å²) in [6.07, 6.45) is 2.02. The van der Waals surface area contributed by atoms with Crippen LogP contribution in [-0.2, 0) is 4.79 Å². The van der Waals surface area contributed by atoms with Gasteiger partial charge in [0, 0.05) is 18.7 Å². The van der Waals surface area contributed by atoms with E-state index < -0.39 is 11.7 Å². The van der Waals surface area contributed by atoms with Crippen LogP contribution in [0.3, 0.4) is 0 Å². The lowest BCUT2D eigenvalue weighted by Crippen LogP contribution is -2.33. The van der Waals surface area contributed by atoms with Gasteiger partial charge in [-0.1, -0.05) is 0 Å². The average Bonchev–Trinajstić information content (AvgIpc) is 2.91. The highest BCUT2D eigenvalue weighted by atomic mass is 19.1. The highest BCUT2D eigenvalue weighted by Gasteiger charge is 2.17. The second kappa shape index (κ2) is 5.69. The van der Waals surface area contributed by atoms with Gasteiger partial charge in [-0.15, -0.1) is 0 Å². The fourth-order valence-corrected chi connectivity index (χ4v) is 2.06. The number of hydrogen-bond acceptors (Lipinski definition) is 3. The third-order valence-electron chi connectivity index (χ3n) is 3.14. The molecular weight excluding hydrogens is 249 g/mol. The van der Waals surface area contributed by atoms with Crippen molar-refractivity contribution in [2.75, 3.05) is 25.0 Å². The van der Waals surface area contributed by atoms with Crippen molar-refractivity contribution in [1.29, 1.82) is 0 Å². The number of amides is 2. The number of nitrogens with zero attached hydrogens (tertiary/aromatic N) is 1. The van der Waals surface area contributed by atoms with Crippen LogP contribution in [0, 0.1) is 5.82 Å². The van der Waals surface area contributed by atoms with E-state index in [0.29, 0.717) is 0 Å². The number of halogens is 1. The van der Waals surface area contributed by atoms with E-state index in [9.17, 15) is 14.0 Å². The van der Waals surface area contributed by atoms with Crippen molar-refractivity contribution >= 4 is 17.5 Å². The van der Waals surface area contributed by atoms with Gasteiger partial charge in [0.2, 0.25) is 11.8 Å². The van der Waals surface area contributed by atoms with E-state index in [-0.39, 0.29) is 23.7 Å². The van der Waals surface area contributed by atoms with Crippen molar-refractivity contribution in [3.8, 4) is 0 Å². The van der Waals surface area contributed by atoms with E-state index in [2.05, 4.69) is 5.32 Å². The quantitative estimate of drug-likeness (QED) is 0.851. The summed E-state index contributed by atoms with van der Waals surface area (Å²) in [4.78, 5) is 24.5. The van der Waals surface area contributed by atoms with Crippen molar-refractivity contribution in [3.63, 3.8) is 0 Å². The molecule has 2 amide bonds. The molecule has 1 aliphatic rings. The lowest BCUT2D eigenvalue weighted by molar-refractivity contribution is -0.128. The van der Waals surface area contributed by atoms with Gasteiger partial charge < -0.3 is 16.0 Å². The van der Waals surface area contributed by atoms with Gasteiger partial charge in [0.15, 0.2) is 0 Å². The van der Waals surface area contributed by atoms with Crippen molar-refractivity contribution < 1.29 is 14.0 Å². The lowest BCUT2D eigenvalue weighted by atomic mass is 10.2. The number of nitrogens with one attached hydrogen (secondary N) is 1. The van der Waals surface area contributed by atoms with Crippen molar-refractivity contribution in [2.45, 2.75) is 12.8 Å². The van der Waals surface area contributed by atoms with Crippen LogP contribution in [0.15, 0.2) is 18.2 Å². The number of carbonyl (C=O) groups excluding carboxylic acids is 2. The molecule has 0 unspecified atom stereocenters. The van der Waals surface area contributed by atoms with E-state index in [4.69, 9.17) is 5.73 Å². The Morgan fingerprint density at radius 2 is 2.00 bits per heavy atom. The number of anilines is 1. The third-order valence-corrected chi connectivity index (χ3v) is 3.14. The molecule has 1 aromatic carbocycles. The molecule has 1 aliphatic heterocycles. The number of likely N-dealkylation sites (tertiary alicyclic amines) is 1. The molecule has 0 radical (unpaired) electrons. The zero-order valence-corrected chi connectivity index (χ0v) is 10.5. The monoisotopic (exact) mass is 265 g/mol. The number of carbonyl (C=O) groups is 2. The highest BCUT2D eigenvalue weighted by Crippen LogP contribution is 2.16. The summed E-state index contributed by atoms with van der Waals surface area (Å²) in [7, 11) is 0. The van der Waals surface area contributed by atoms with Crippen LogP contribution in [0.4, 0.5) is 10.1 Å². The predicted molar refractivity (Wildman–Crippen MR) is 69.2 cm³/mol. The van der Waals surface area contributed by atoms with Crippen molar-refractivity contribution in [3.05, 3.63) is 29.6 Å². The molecule has 2 rings (SSSR count). The van der Waals surface area contributed by atoms with Crippen LogP contribution in [-0.4, -0.2) is 36.3 Å². The van der Waals surface area contributed by atoms with E-state index in [1.807, 2.05) is 0 Å². The molecule has 0 bridgehead atoms. The first kappa shape index (κ1) is 13.3. The zero-order valence-electron chi connectivity index (χ0n) is 10.5. The Morgan fingerprint density at radius 3 is 2.63 bits per heavy atom. The van der Waals surface area contributed by atoms with E-state index in [0.717, 1.165) is 32.0 Å². The molecule has 19 heavy (non-hydrogen) atoms. The van der Waals surface area contributed by atoms with Gasteiger partial charge >= 0.3 is 0 Å². The second-order valence-corrected chi connectivity index (χ2v) is 4.50. The zero-order chi connectivity index (χ0) is 13.8. The fourth-order valence-electron chi connectivity index (χ4n) is 2.06. The third kappa shape index (κ3) is 3.21. The van der Waals surface area contributed by atoms with Gasteiger partial charge in [-0.2, -0.15) is 0 Å². The Hall–Kier alpha value is -2.11. The molecule has 3 N–H and O–H groups in total. The van der Waals surface area contributed by atoms with Crippen LogP contribution in [0.1, 0.15) is 23.2 Å². The first-order chi connectivity index (χ1) is 9.08. The van der Waals surface area contributed by atoms with Gasteiger partial charge in [-0.3, -0.25) is 9.59 Å². The van der Waals surface area contributed by atoms with Crippen molar-refractivity contribution in [2.24, 2.45) is 5.73 Å². The standard InChI is InChI=1S/C13H16FN3O2/c14-10-4-3-9(13(15)19)7-11(10)16-8-12(18)17-5-1-2-6-17/h3-4,7,16H,1-2,5-6,8H2,(H2,15,19). The SMILES string of the molecule is NC(=O)c1ccc(F)c(NCC(=O)N2CCCC2)c1. The van der Waals surface area contributed by atoms with Gasteiger partial charge in [-0.05, 0) is 31.0 Å². The van der Waals surface area contributed by atoms with Gasteiger partial charge in [0.25, 0.3) is 0 Å². The number of benzene rings is 1. The topological polar surface area (TPSA) is 75.4 Å². The van der Waals surface area contributed by atoms with Gasteiger partial charge in [-0.25, -0.2) is 4.39 Å². The Kier molecular flexibility index (Phi) is 3.99. The number of rotatable bonds is 4. The highest BCUT2D eigenvalue weighted by molar-refractivity contribution is 5.94. The molecule has 0 atom stereocenters. The second-order valence-electron chi connectivity index (χ2n) is 4.50. The molecule has 6 heteroatoms. The molecule has 1 heterocycles. The maximum Gasteiger partial charge on any atom is 0.248 e. The van der Waals surface area contributed by atoms with Gasteiger partial charge in [0.05, 0.1) is 12.2 Å². The molecule has 0 aliphatic carbocycles. The summed E-state index contributed by atoms with van der Waals surface area (Å²) in [5.41, 5.74) is 5.44. The van der Waals surface area contributed by atoms with Crippen LogP contribution < -0.4 is 11.1 Å². The Morgan fingerprint density at radius 1 is 1.32 bits per heavy atom. The summed E-state index contributed by atoms with van der Waals surface area (Å²) in [5, 5.41) is 2.71. The minimum absolute atomic E-state index is 0.0130. The van der Waals surface area contributed by atoms with Crippen LogP contribution in [0.5, 0.6) is 0 Å². The molecule has 102 valence electrons. The molecule has 0 aromatic heterocycles. The Balaban J connectivity index is 2.00. The van der Waals surface area contributed by atoms with E-state index >= 15 is 0 Å². The Labute approximate surface area is 110 Å². The Bertz CT molecular complexity index is 499. The molecule has 1 saturated heterocycles. The van der Waals surface area contributed by atoms with Crippen LogP contribution in [0.2, 0.25) is 0 Å². The number of hydrogen-bond donors (Lipinski definition) is 2. The normalized spacial score (nSPS) is 14.5. The largest absolute Gasteiger partial charge is 0.374 e. The summed E-state index contributed by atoms with van der Waals surface area (Å²) in [6.45, 7) is 1.52. The minimum atomic E-state index is -0.631. The molecule has 0 spiro atoms. The number of primary amides is 1. The van der Waals surface area contributed by atoms with E-state index in [1.54, 1.807) is 4.90 Å². The first-order valence-corrected chi connectivity index (χ1v) is 6.19. The summed E-state index contributed by atoms with van der Waals surface area (Å²) in [5.74, 6) is -1.21. The maximum absolute atomic E-state index is 13.5. The first-order valence-electron chi connectivity index (χ1n) is 6.19. The van der Waals surface area contributed by atoms with Crippen LogP contribution in [0.25, 0.3) is 0 Å².